The zero-order chi connectivity index (χ0) is 30.0. The molecule has 0 radical (unpaired) electrons. The highest BCUT2D eigenvalue weighted by Crippen LogP contribution is 2.29. The summed E-state index contributed by atoms with van der Waals surface area (Å²) in [5.41, 5.74) is -0.433. The second kappa shape index (κ2) is 15.2. The third kappa shape index (κ3) is 9.29. The van der Waals surface area contributed by atoms with E-state index in [1.807, 2.05) is 30.3 Å². The van der Waals surface area contributed by atoms with Crippen LogP contribution in [0.2, 0.25) is 5.02 Å². The van der Waals surface area contributed by atoms with Crippen molar-refractivity contribution in [3.05, 3.63) is 70.7 Å². The highest BCUT2D eigenvalue weighted by molar-refractivity contribution is 6.30. The highest BCUT2D eigenvalue weighted by Gasteiger charge is 2.41. The van der Waals surface area contributed by atoms with Crippen molar-refractivity contribution in [3.63, 3.8) is 0 Å². The third-order valence-corrected chi connectivity index (χ3v) is 8.41. The molecule has 42 heavy (non-hydrogen) atoms. The van der Waals surface area contributed by atoms with Crippen LogP contribution in [0.5, 0.6) is 0 Å². The highest BCUT2D eigenvalue weighted by atomic mass is 35.5. The maximum atomic E-state index is 13.4. The van der Waals surface area contributed by atoms with Gasteiger partial charge in [-0.15, -0.1) is 0 Å². The van der Waals surface area contributed by atoms with Gasteiger partial charge in [0.2, 0.25) is 11.8 Å². The van der Waals surface area contributed by atoms with Crippen molar-refractivity contribution in [2.75, 3.05) is 13.1 Å². The van der Waals surface area contributed by atoms with E-state index < -0.39 is 29.7 Å². The van der Waals surface area contributed by atoms with Crippen molar-refractivity contribution in [1.82, 2.24) is 15.5 Å². The number of rotatable bonds is 13. The number of halogens is 1. The molecule has 4 rings (SSSR count). The van der Waals surface area contributed by atoms with Crippen LogP contribution in [0.15, 0.2) is 54.6 Å². The number of carbonyl (C=O) groups excluding carboxylic acids is 4. The minimum absolute atomic E-state index is 0.0347. The topological polar surface area (TPSA) is 125 Å². The molecule has 1 aliphatic heterocycles. The fraction of sp³-hybridized carbons (Fsp3) is 0.500. The van der Waals surface area contributed by atoms with Gasteiger partial charge in [0.05, 0.1) is 0 Å². The molecule has 9 nitrogen and oxygen atoms in total. The van der Waals surface area contributed by atoms with Crippen LogP contribution in [-0.4, -0.2) is 59.1 Å². The Morgan fingerprint density at radius 2 is 1.81 bits per heavy atom. The van der Waals surface area contributed by atoms with E-state index in [4.69, 9.17) is 16.3 Å². The molecule has 0 aromatic heterocycles. The van der Waals surface area contributed by atoms with E-state index in [0.29, 0.717) is 42.9 Å². The average Bonchev–Trinajstić information content (AvgIpc) is 3.33. The largest absolute Gasteiger partial charge is 0.445 e. The molecule has 226 valence electrons. The summed E-state index contributed by atoms with van der Waals surface area (Å²) >= 11 is 6.00. The molecule has 1 heterocycles. The number of hydrogen-bond donors (Lipinski definition) is 3. The number of hydrogen-bond acceptors (Lipinski definition) is 6. The van der Waals surface area contributed by atoms with Crippen molar-refractivity contribution in [2.45, 2.75) is 76.2 Å². The first-order valence-corrected chi connectivity index (χ1v) is 15.1. The zero-order valence-corrected chi connectivity index (χ0v) is 24.6. The average molecular weight is 598 g/mol. The summed E-state index contributed by atoms with van der Waals surface area (Å²) in [7, 11) is 0. The predicted molar refractivity (Wildman–Crippen MR) is 158 cm³/mol. The maximum Gasteiger partial charge on any atom is 0.408 e. The molecule has 2 unspecified atom stereocenters. The zero-order valence-electron chi connectivity index (χ0n) is 23.8. The van der Waals surface area contributed by atoms with Gasteiger partial charge in [-0.1, -0.05) is 86.2 Å². The van der Waals surface area contributed by atoms with E-state index in [9.17, 15) is 24.3 Å². The van der Waals surface area contributed by atoms with Crippen LogP contribution >= 0.6 is 11.6 Å². The summed E-state index contributed by atoms with van der Waals surface area (Å²) in [5, 5.41) is 16.7. The fourth-order valence-corrected chi connectivity index (χ4v) is 6.09. The molecule has 0 spiro atoms. The van der Waals surface area contributed by atoms with Gasteiger partial charge in [0.1, 0.15) is 12.6 Å². The Hall–Kier alpha value is -3.43. The first kappa shape index (κ1) is 31.5. The molecule has 3 N–H and O–H groups in total. The molecule has 2 aliphatic rings. The SMILES string of the molecule is O=CC(O)(CC1CCN(CCc2ccccc2)C1=O)NC(=O)[C@H](CC1CCCCC1)NC(=O)OCc1cccc(Cl)c1. The van der Waals surface area contributed by atoms with Gasteiger partial charge in [-0.05, 0) is 48.4 Å². The lowest BCUT2D eigenvalue weighted by atomic mass is 9.84. The van der Waals surface area contributed by atoms with Crippen LogP contribution in [0.3, 0.4) is 0 Å². The number of alkyl carbamates (subject to hydrolysis) is 1. The second-order valence-electron chi connectivity index (χ2n) is 11.4. The Morgan fingerprint density at radius 3 is 2.52 bits per heavy atom. The molecular formula is C32H40ClN3O6. The van der Waals surface area contributed by atoms with Gasteiger partial charge in [0.25, 0.3) is 0 Å². The minimum Gasteiger partial charge on any atom is -0.445 e. The number of aldehydes is 1. The summed E-state index contributed by atoms with van der Waals surface area (Å²) in [4.78, 5) is 52.9. The van der Waals surface area contributed by atoms with Crippen LogP contribution in [0.1, 0.15) is 62.5 Å². The Morgan fingerprint density at radius 1 is 1.07 bits per heavy atom. The van der Waals surface area contributed by atoms with Crippen molar-refractivity contribution >= 4 is 35.8 Å². The Labute approximate surface area is 251 Å². The van der Waals surface area contributed by atoms with E-state index in [0.717, 1.165) is 37.7 Å². The summed E-state index contributed by atoms with van der Waals surface area (Å²) in [6, 6.07) is 15.7. The van der Waals surface area contributed by atoms with Crippen LogP contribution < -0.4 is 10.6 Å². The first-order chi connectivity index (χ1) is 20.2. The monoisotopic (exact) mass is 597 g/mol. The van der Waals surface area contributed by atoms with Gasteiger partial charge >= 0.3 is 6.09 Å². The van der Waals surface area contributed by atoms with Gasteiger partial charge < -0.3 is 25.4 Å². The minimum atomic E-state index is -2.25. The van der Waals surface area contributed by atoms with E-state index in [1.54, 1.807) is 29.2 Å². The summed E-state index contributed by atoms with van der Waals surface area (Å²) < 4.78 is 5.33. The standard InChI is InChI=1S/C32H40ClN3O6/c33-27-13-7-12-25(18-27)21-42-31(40)34-28(19-24-10-5-2-6-11-24)29(38)35-32(41,22-37)20-26-15-17-36(30(26)39)16-14-23-8-3-1-4-9-23/h1,3-4,7-9,12-13,18,22,24,26,28,41H,2,5-6,10-11,14-17,19-21H2,(H,34,40)(H,35,38)/t26?,28-,32?/m0/s1. The summed E-state index contributed by atoms with van der Waals surface area (Å²) in [5.74, 6) is -1.24. The smallest absolute Gasteiger partial charge is 0.408 e. The number of nitrogens with one attached hydrogen (secondary N) is 2. The molecule has 1 aliphatic carbocycles. The lowest BCUT2D eigenvalue weighted by molar-refractivity contribution is -0.144. The third-order valence-electron chi connectivity index (χ3n) is 8.18. The Kier molecular flexibility index (Phi) is 11.4. The van der Waals surface area contributed by atoms with Crippen LogP contribution in [0, 0.1) is 11.8 Å². The summed E-state index contributed by atoms with van der Waals surface area (Å²) in [6.07, 6.45) is 5.83. The molecule has 10 heteroatoms. The van der Waals surface area contributed by atoms with Gasteiger partial charge in [0, 0.05) is 30.5 Å². The molecule has 2 aromatic carbocycles. The Balaban J connectivity index is 1.35. The van der Waals surface area contributed by atoms with Gasteiger partial charge in [-0.25, -0.2) is 4.79 Å². The lowest BCUT2D eigenvalue weighted by Crippen LogP contribution is -2.58. The van der Waals surface area contributed by atoms with Gasteiger partial charge in [-0.2, -0.15) is 0 Å². The van der Waals surface area contributed by atoms with Crippen LogP contribution in [0.4, 0.5) is 4.79 Å². The lowest BCUT2D eigenvalue weighted by Gasteiger charge is -2.30. The van der Waals surface area contributed by atoms with Crippen molar-refractivity contribution < 1.29 is 29.0 Å². The normalized spacial score (nSPS) is 19.5. The fourth-order valence-electron chi connectivity index (χ4n) is 5.88. The van der Waals surface area contributed by atoms with E-state index in [1.165, 1.54) is 0 Å². The maximum absolute atomic E-state index is 13.4. The molecule has 2 aromatic rings. The second-order valence-corrected chi connectivity index (χ2v) is 11.9. The molecule has 0 bridgehead atoms. The van der Waals surface area contributed by atoms with Crippen LogP contribution in [0.25, 0.3) is 0 Å². The van der Waals surface area contributed by atoms with E-state index >= 15 is 0 Å². The molecule has 1 saturated carbocycles. The molecular weight excluding hydrogens is 558 g/mol. The van der Waals surface area contributed by atoms with E-state index in [-0.39, 0.29) is 31.1 Å². The van der Waals surface area contributed by atoms with Crippen molar-refractivity contribution in [3.8, 4) is 0 Å². The molecule has 3 atom stereocenters. The number of benzene rings is 2. The van der Waals surface area contributed by atoms with E-state index in [2.05, 4.69) is 10.6 Å². The number of aliphatic hydroxyl groups is 1. The van der Waals surface area contributed by atoms with Crippen molar-refractivity contribution in [2.24, 2.45) is 11.8 Å². The van der Waals surface area contributed by atoms with Crippen LogP contribution in [-0.2, 0) is 32.1 Å². The number of carbonyl (C=O) groups is 4. The molecule has 2 fully saturated rings. The number of likely N-dealkylation sites (tertiary alicyclic amines) is 1. The Bertz CT molecular complexity index is 1220. The number of amides is 3. The number of nitrogens with zero attached hydrogens (tertiary/aromatic N) is 1. The molecule has 3 amide bonds. The van der Waals surface area contributed by atoms with Gasteiger partial charge in [-0.3, -0.25) is 14.4 Å². The molecule has 1 saturated heterocycles. The van der Waals surface area contributed by atoms with Crippen molar-refractivity contribution in [1.29, 1.82) is 0 Å². The first-order valence-electron chi connectivity index (χ1n) is 14.8. The predicted octanol–water partition coefficient (Wildman–Crippen LogP) is 4.39. The van der Waals surface area contributed by atoms with Gasteiger partial charge in [0.15, 0.2) is 12.0 Å². The number of ether oxygens (including phenoxy) is 1. The quantitative estimate of drug-likeness (QED) is 0.232. The summed E-state index contributed by atoms with van der Waals surface area (Å²) in [6.45, 7) is 1.02.